The zero-order valence-electron chi connectivity index (χ0n) is 9.64. The third-order valence-corrected chi connectivity index (χ3v) is 3.10. The fourth-order valence-electron chi connectivity index (χ4n) is 1.82. The molecule has 0 bridgehead atoms. The van der Waals surface area contributed by atoms with Crippen LogP contribution in [0.4, 0.5) is 0 Å². The predicted molar refractivity (Wildman–Crippen MR) is 67.0 cm³/mol. The fraction of sp³-hybridized carbons (Fsp3) is 0.250. The Morgan fingerprint density at radius 3 is 3.00 bits per heavy atom. The molecule has 1 atom stereocenters. The van der Waals surface area contributed by atoms with Crippen molar-refractivity contribution in [3.8, 4) is 5.75 Å². The van der Waals surface area contributed by atoms with Gasteiger partial charge in [-0.25, -0.2) is 0 Å². The number of methoxy groups -OCH3 is 1. The van der Waals surface area contributed by atoms with Gasteiger partial charge in [-0.2, -0.15) is 0 Å². The third kappa shape index (κ3) is 2.14. The van der Waals surface area contributed by atoms with Crippen molar-refractivity contribution in [2.24, 2.45) is 5.73 Å². The number of rotatable bonds is 4. The number of nitrogens with two attached hydrogens (primary N) is 1. The average molecular weight is 270 g/mol. The van der Waals surface area contributed by atoms with E-state index in [1.807, 2.05) is 0 Å². The average Bonchev–Trinajstić information content (AvgIpc) is 2.78. The second-order valence-electron chi connectivity index (χ2n) is 3.85. The van der Waals surface area contributed by atoms with Gasteiger partial charge in [-0.3, -0.25) is 4.79 Å². The molecule has 0 amide bonds. The van der Waals surface area contributed by atoms with E-state index < -0.39 is 12.0 Å². The maximum Gasteiger partial charge on any atom is 0.305 e. The van der Waals surface area contributed by atoms with Gasteiger partial charge in [0.2, 0.25) is 0 Å². The van der Waals surface area contributed by atoms with E-state index in [0.29, 0.717) is 27.3 Å². The number of ether oxygens (including phenoxy) is 1. The van der Waals surface area contributed by atoms with Gasteiger partial charge in [0.25, 0.3) is 0 Å². The van der Waals surface area contributed by atoms with E-state index in [-0.39, 0.29) is 6.42 Å². The van der Waals surface area contributed by atoms with E-state index >= 15 is 0 Å². The summed E-state index contributed by atoms with van der Waals surface area (Å²) in [6.45, 7) is 0. The summed E-state index contributed by atoms with van der Waals surface area (Å²) >= 11 is 6.20. The minimum atomic E-state index is -0.982. The van der Waals surface area contributed by atoms with E-state index in [1.165, 1.54) is 13.4 Å². The molecule has 0 fully saturated rings. The molecule has 0 saturated carbocycles. The van der Waals surface area contributed by atoms with Gasteiger partial charge in [-0.15, -0.1) is 0 Å². The lowest BCUT2D eigenvalue weighted by Crippen LogP contribution is -2.15. The molecular formula is C12H12ClNO4. The van der Waals surface area contributed by atoms with Crippen LogP contribution in [0.2, 0.25) is 5.02 Å². The highest BCUT2D eigenvalue weighted by atomic mass is 35.5. The minimum Gasteiger partial charge on any atom is -0.493 e. The van der Waals surface area contributed by atoms with Crippen LogP contribution in [0.3, 0.4) is 0 Å². The molecule has 0 aliphatic rings. The van der Waals surface area contributed by atoms with Crippen LogP contribution in [-0.2, 0) is 4.79 Å². The molecule has 6 heteroatoms. The zero-order chi connectivity index (χ0) is 13.3. The highest BCUT2D eigenvalue weighted by Gasteiger charge is 2.19. The van der Waals surface area contributed by atoms with Gasteiger partial charge in [0.05, 0.1) is 24.8 Å². The Kier molecular flexibility index (Phi) is 3.45. The van der Waals surface area contributed by atoms with Crippen LogP contribution in [0.25, 0.3) is 11.0 Å². The highest BCUT2D eigenvalue weighted by Crippen LogP contribution is 2.38. The molecule has 0 spiro atoms. The number of furan rings is 1. The van der Waals surface area contributed by atoms with E-state index in [1.54, 1.807) is 12.1 Å². The molecule has 1 aromatic carbocycles. The lowest BCUT2D eigenvalue weighted by molar-refractivity contribution is -0.137. The first-order valence-electron chi connectivity index (χ1n) is 5.25. The summed E-state index contributed by atoms with van der Waals surface area (Å²) in [5.74, 6) is -0.500. The van der Waals surface area contributed by atoms with Crippen LogP contribution in [-0.4, -0.2) is 18.2 Å². The quantitative estimate of drug-likeness (QED) is 0.891. The standard InChI is InChI=1S/C12H12ClNO4/c1-17-9-4-7(8(14)5-10(15)16)11(13)6-2-3-18-12(6)9/h2-4,8H,5,14H2,1H3,(H,15,16). The summed E-state index contributed by atoms with van der Waals surface area (Å²) in [7, 11) is 1.50. The van der Waals surface area contributed by atoms with E-state index in [0.717, 1.165) is 0 Å². The van der Waals surface area contributed by atoms with Gasteiger partial charge < -0.3 is 20.0 Å². The number of hydrogen-bond donors (Lipinski definition) is 2. The van der Waals surface area contributed by atoms with Crippen LogP contribution in [0.1, 0.15) is 18.0 Å². The Morgan fingerprint density at radius 1 is 1.67 bits per heavy atom. The van der Waals surface area contributed by atoms with Crippen LogP contribution >= 0.6 is 11.6 Å². The van der Waals surface area contributed by atoms with Gasteiger partial charge >= 0.3 is 5.97 Å². The molecule has 2 aromatic rings. The van der Waals surface area contributed by atoms with Crippen LogP contribution in [0, 0.1) is 0 Å². The second kappa shape index (κ2) is 4.88. The Labute approximate surface area is 108 Å². The Hall–Kier alpha value is -1.72. The number of carboxylic acid groups (broad SMARTS) is 1. The number of hydrogen-bond acceptors (Lipinski definition) is 4. The van der Waals surface area contributed by atoms with Crippen molar-refractivity contribution < 1.29 is 19.1 Å². The topological polar surface area (TPSA) is 85.7 Å². The lowest BCUT2D eigenvalue weighted by Gasteiger charge is -2.13. The molecule has 96 valence electrons. The summed E-state index contributed by atoms with van der Waals surface area (Å²) in [6, 6.07) is 2.61. The molecule has 0 aliphatic heterocycles. The lowest BCUT2D eigenvalue weighted by atomic mass is 10.0. The molecule has 1 heterocycles. The maximum absolute atomic E-state index is 10.7. The molecule has 0 saturated heterocycles. The van der Waals surface area contributed by atoms with Crippen molar-refractivity contribution in [1.82, 2.24) is 0 Å². The molecule has 1 unspecified atom stereocenters. The molecule has 2 rings (SSSR count). The zero-order valence-corrected chi connectivity index (χ0v) is 10.4. The van der Waals surface area contributed by atoms with Crippen molar-refractivity contribution in [2.75, 3.05) is 7.11 Å². The van der Waals surface area contributed by atoms with Gasteiger partial charge in [0.15, 0.2) is 11.3 Å². The Morgan fingerprint density at radius 2 is 2.39 bits per heavy atom. The number of benzene rings is 1. The van der Waals surface area contributed by atoms with E-state index in [4.69, 9.17) is 31.6 Å². The normalized spacial score (nSPS) is 12.6. The Balaban J connectivity index is 2.56. The number of carbonyl (C=O) groups is 1. The Bertz CT molecular complexity index is 593. The van der Waals surface area contributed by atoms with Crippen LogP contribution in [0.15, 0.2) is 22.8 Å². The summed E-state index contributed by atoms with van der Waals surface area (Å²) in [5.41, 5.74) is 6.88. The van der Waals surface area contributed by atoms with Crippen molar-refractivity contribution >= 4 is 28.5 Å². The first-order valence-corrected chi connectivity index (χ1v) is 5.63. The maximum atomic E-state index is 10.7. The van der Waals surface area contributed by atoms with Crippen molar-refractivity contribution in [1.29, 1.82) is 0 Å². The largest absolute Gasteiger partial charge is 0.493 e. The van der Waals surface area contributed by atoms with Gasteiger partial charge in [0.1, 0.15) is 0 Å². The SMILES string of the molecule is COc1cc(C(N)CC(=O)O)c(Cl)c2ccoc12. The number of halogens is 1. The van der Waals surface area contributed by atoms with Crippen molar-refractivity contribution in [3.63, 3.8) is 0 Å². The molecule has 5 nitrogen and oxygen atoms in total. The summed E-state index contributed by atoms with van der Waals surface area (Å²) < 4.78 is 10.5. The smallest absolute Gasteiger partial charge is 0.305 e. The summed E-state index contributed by atoms with van der Waals surface area (Å²) in [4.78, 5) is 10.7. The van der Waals surface area contributed by atoms with Crippen LogP contribution in [0.5, 0.6) is 5.75 Å². The van der Waals surface area contributed by atoms with Crippen molar-refractivity contribution in [3.05, 3.63) is 29.0 Å². The minimum absolute atomic E-state index is 0.202. The predicted octanol–water partition coefficient (Wildman–Crippen LogP) is 2.57. The second-order valence-corrected chi connectivity index (χ2v) is 4.23. The van der Waals surface area contributed by atoms with E-state index in [9.17, 15) is 4.79 Å². The number of aliphatic carboxylic acids is 1. The first kappa shape index (κ1) is 12.7. The molecule has 0 aliphatic carbocycles. The molecule has 1 aromatic heterocycles. The monoisotopic (exact) mass is 269 g/mol. The third-order valence-electron chi connectivity index (χ3n) is 2.68. The first-order chi connectivity index (χ1) is 8.54. The molecule has 18 heavy (non-hydrogen) atoms. The molecule has 3 N–H and O–H groups in total. The molecular weight excluding hydrogens is 258 g/mol. The fourth-order valence-corrected chi connectivity index (χ4v) is 2.16. The van der Waals surface area contributed by atoms with Gasteiger partial charge in [-0.1, -0.05) is 11.6 Å². The molecule has 0 radical (unpaired) electrons. The van der Waals surface area contributed by atoms with Crippen LogP contribution < -0.4 is 10.5 Å². The van der Waals surface area contributed by atoms with Gasteiger partial charge in [-0.05, 0) is 17.7 Å². The van der Waals surface area contributed by atoms with Gasteiger partial charge in [0, 0.05) is 11.4 Å². The summed E-state index contributed by atoms with van der Waals surface area (Å²) in [6.07, 6.45) is 1.29. The van der Waals surface area contributed by atoms with E-state index in [2.05, 4.69) is 0 Å². The highest BCUT2D eigenvalue weighted by molar-refractivity contribution is 6.36. The number of fused-ring (bicyclic) bond motifs is 1. The number of carboxylic acids is 1. The van der Waals surface area contributed by atoms with Crippen molar-refractivity contribution in [2.45, 2.75) is 12.5 Å². The summed E-state index contributed by atoms with van der Waals surface area (Å²) in [5, 5.41) is 9.82.